The summed E-state index contributed by atoms with van der Waals surface area (Å²) >= 11 is 0. The minimum absolute atomic E-state index is 0.177. The molecule has 112 valence electrons. The van der Waals surface area contributed by atoms with Gasteiger partial charge in [0.2, 0.25) is 5.91 Å². The Morgan fingerprint density at radius 2 is 1.84 bits per heavy atom. The van der Waals surface area contributed by atoms with E-state index >= 15 is 0 Å². The van der Waals surface area contributed by atoms with Gasteiger partial charge >= 0.3 is 0 Å². The Kier molecular flexibility index (Phi) is 8.07. The third-order valence-corrected chi connectivity index (χ3v) is 3.75. The number of rotatable bonds is 11. The van der Waals surface area contributed by atoms with Crippen molar-refractivity contribution in [2.75, 3.05) is 19.6 Å². The molecule has 1 aliphatic rings. The van der Waals surface area contributed by atoms with Crippen LogP contribution in [-0.4, -0.2) is 42.5 Å². The summed E-state index contributed by atoms with van der Waals surface area (Å²) in [6.07, 6.45) is 7.60. The summed E-state index contributed by atoms with van der Waals surface area (Å²) in [7, 11) is 0. The van der Waals surface area contributed by atoms with Crippen molar-refractivity contribution in [1.82, 2.24) is 10.2 Å². The number of nitrogens with one attached hydrogen (secondary N) is 1. The van der Waals surface area contributed by atoms with Crippen LogP contribution in [0.1, 0.15) is 58.8 Å². The first-order valence-corrected chi connectivity index (χ1v) is 7.94. The third-order valence-electron chi connectivity index (χ3n) is 3.75. The average molecular weight is 269 g/mol. The SMILES string of the molecule is CCCCN(CCCC)C(CN)CC(=O)NC1CC1. The fraction of sp³-hybridized carbons (Fsp3) is 0.933. The van der Waals surface area contributed by atoms with Crippen molar-refractivity contribution >= 4 is 5.91 Å². The van der Waals surface area contributed by atoms with Crippen LogP contribution < -0.4 is 11.1 Å². The first-order valence-electron chi connectivity index (χ1n) is 7.94. The Hall–Kier alpha value is -0.610. The second-order valence-electron chi connectivity index (χ2n) is 5.68. The molecule has 1 saturated carbocycles. The third kappa shape index (κ3) is 6.92. The van der Waals surface area contributed by atoms with Crippen molar-refractivity contribution in [2.45, 2.75) is 70.9 Å². The number of nitrogens with zero attached hydrogens (tertiary/aromatic N) is 1. The molecule has 0 aromatic heterocycles. The lowest BCUT2D eigenvalue weighted by molar-refractivity contribution is -0.122. The summed E-state index contributed by atoms with van der Waals surface area (Å²) in [6.45, 7) is 7.11. The Morgan fingerprint density at radius 3 is 2.26 bits per heavy atom. The zero-order chi connectivity index (χ0) is 14.1. The topological polar surface area (TPSA) is 58.4 Å². The largest absolute Gasteiger partial charge is 0.353 e. The minimum Gasteiger partial charge on any atom is -0.353 e. The predicted octanol–water partition coefficient (Wildman–Crippen LogP) is 1.88. The lowest BCUT2D eigenvalue weighted by atomic mass is 10.1. The standard InChI is InChI=1S/C15H31N3O/c1-3-5-9-18(10-6-4-2)14(12-16)11-15(19)17-13-7-8-13/h13-14H,3-12,16H2,1-2H3,(H,17,19). The summed E-state index contributed by atoms with van der Waals surface area (Å²) in [5, 5.41) is 3.06. The van der Waals surface area contributed by atoms with Crippen molar-refractivity contribution in [3.63, 3.8) is 0 Å². The molecule has 1 fully saturated rings. The van der Waals surface area contributed by atoms with E-state index in [4.69, 9.17) is 5.73 Å². The molecule has 1 atom stereocenters. The molecule has 0 saturated heterocycles. The lowest BCUT2D eigenvalue weighted by Gasteiger charge is -2.30. The highest BCUT2D eigenvalue weighted by Gasteiger charge is 2.25. The lowest BCUT2D eigenvalue weighted by Crippen LogP contribution is -2.45. The number of amides is 1. The molecule has 1 rings (SSSR count). The van der Waals surface area contributed by atoms with E-state index in [-0.39, 0.29) is 11.9 Å². The van der Waals surface area contributed by atoms with Crippen molar-refractivity contribution in [2.24, 2.45) is 5.73 Å². The molecule has 4 heteroatoms. The van der Waals surface area contributed by atoms with Crippen LogP contribution in [0.3, 0.4) is 0 Å². The van der Waals surface area contributed by atoms with E-state index in [0.717, 1.165) is 25.9 Å². The van der Waals surface area contributed by atoms with Gasteiger partial charge in [0.15, 0.2) is 0 Å². The molecule has 4 nitrogen and oxygen atoms in total. The Morgan fingerprint density at radius 1 is 1.26 bits per heavy atom. The van der Waals surface area contributed by atoms with E-state index in [2.05, 4.69) is 24.1 Å². The molecular formula is C15H31N3O. The highest BCUT2D eigenvalue weighted by atomic mass is 16.1. The quantitative estimate of drug-likeness (QED) is 0.602. The first kappa shape index (κ1) is 16.4. The number of hydrogen-bond donors (Lipinski definition) is 2. The van der Waals surface area contributed by atoms with Crippen LogP contribution in [0.5, 0.6) is 0 Å². The van der Waals surface area contributed by atoms with Crippen LogP contribution in [0.2, 0.25) is 0 Å². The Bertz CT molecular complexity index is 246. The van der Waals surface area contributed by atoms with Crippen LogP contribution in [0, 0.1) is 0 Å². The maximum atomic E-state index is 11.9. The van der Waals surface area contributed by atoms with Crippen molar-refractivity contribution in [1.29, 1.82) is 0 Å². The summed E-state index contributed by atoms with van der Waals surface area (Å²) in [5.74, 6) is 0.177. The van der Waals surface area contributed by atoms with Gasteiger partial charge in [0.25, 0.3) is 0 Å². The maximum Gasteiger partial charge on any atom is 0.221 e. The normalized spacial score (nSPS) is 16.6. The molecule has 0 aromatic rings. The fourth-order valence-corrected chi connectivity index (χ4v) is 2.29. The highest BCUT2D eigenvalue weighted by Crippen LogP contribution is 2.19. The van der Waals surface area contributed by atoms with Crippen LogP contribution in [-0.2, 0) is 4.79 Å². The Labute approximate surface area is 118 Å². The molecular weight excluding hydrogens is 238 g/mol. The van der Waals surface area contributed by atoms with E-state index in [9.17, 15) is 4.79 Å². The predicted molar refractivity (Wildman–Crippen MR) is 80.0 cm³/mol. The molecule has 1 unspecified atom stereocenters. The van der Waals surface area contributed by atoms with Gasteiger partial charge in [-0.25, -0.2) is 0 Å². The van der Waals surface area contributed by atoms with E-state index in [1.807, 2.05) is 0 Å². The number of unbranched alkanes of at least 4 members (excludes halogenated alkanes) is 2. The van der Waals surface area contributed by atoms with Gasteiger partial charge in [-0.15, -0.1) is 0 Å². The van der Waals surface area contributed by atoms with Crippen LogP contribution >= 0.6 is 0 Å². The fourth-order valence-electron chi connectivity index (χ4n) is 2.29. The van der Waals surface area contributed by atoms with Crippen molar-refractivity contribution < 1.29 is 4.79 Å². The maximum absolute atomic E-state index is 11.9. The number of hydrogen-bond acceptors (Lipinski definition) is 3. The van der Waals surface area contributed by atoms with Crippen molar-refractivity contribution in [3.05, 3.63) is 0 Å². The second kappa shape index (κ2) is 9.32. The summed E-state index contributed by atoms with van der Waals surface area (Å²) in [6, 6.07) is 0.655. The van der Waals surface area contributed by atoms with Gasteiger partial charge in [-0.2, -0.15) is 0 Å². The van der Waals surface area contributed by atoms with Gasteiger partial charge < -0.3 is 11.1 Å². The van der Waals surface area contributed by atoms with E-state index < -0.39 is 0 Å². The van der Waals surface area contributed by atoms with Gasteiger partial charge in [0, 0.05) is 25.0 Å². The van der Waals surface area contributed by atoms with E-state index in [0.29, 0.717) is 19.0 Å². The van der Waals surface area contributed by atoms with Gasteiger partial charge in [-0.05, 0) is 38.8 Å². The molecule has 0 aliphatic heterocycles. The molecule has 0 spiro atoms. The molecule has 3 N–H and O–H groups in total. The monoisotopic (exact) mass is 269 g/mol. The number of carbonyl (C=O) groups is 1. The van der Waals surface area contributed by atoms with Crippen molar-refractivity contribution in [3.8, 4) is 0 Å². The van der Waals surface area contributed by atoms with Gasteiger partial charge in [-0.1, -0.05) is 26.7 Å². The van der Waals surface area contributed by atoms with Crippen LogP contribution in [0.4, 0.5) is 0 Å². The summed E-state index contributed by atoms with van der Waals surface area (Å²) in [5.41, 5.74) is 5.89. The zero-order valence-corrected chi connectivity index (χ0v) is 12.7. The smallest absolute Gasteiger partial charge is 0.221 e. The van der Waals surface area contributed by atoms with E-state index in [1.165, 1.54) is 25.7 Å². The first-order chi connectivity index (χ1) is 9.21. The van der Waals surface area contributed by atoms with Crippen LogP contribution in [0.15, 0.2) is 0 Å². The van der Waals surface area contributed by atoms with Crippen LogP contribution in [0.25, 0.3) is 0 Å². The molecule has 1 aliphatic carbocycles. The van der Waals surface area contributed by atoms with Gasteiger partial charge in [-0.3, -0.25) is 9.69 Å². The van der Waals surface area contributed by atoms with Gasteiger partial charge in [0.05, 0.1) is 0 Å². The number of nitrogens with two attached hydrogens (primary N) is 1. The molecule has 0 aromatic carbocycles. The Balaban J connectivity index is 2.41. The molecule has 0 radical (unpaired) electrons. The average Bonchev–Trinajstić information content (AvgIpc) is 3.20. The molecule has 0 bridgehead atoms. The van der Waals surface area contributed by atoms with E-state index in [1.54, 1.807) is 0 Å². The van der Waals surface area contributed by atoms with Gasteiger partial charge in [0.1, 0.15) is 0 Å². The molecule has 19 heavy (non-hydrogen) atoms. The number of carbonyl (C=O) groups excluding carboxylic acids is 1. The highest BCUT2D eigenvalue weighted by molar-refractivity contribution is 5.77. The molecule has 0 heterocycles. The summed E-state index contributed by atoms with van der Waals surface area (Å²) in [4.78, 5) is 14.3. The minimum atomic E-state index is 0.177. The zero-order valence-electron chi connectivity index (χ0n) is 12.7. The molecule has 1 amide bonds. The summed E-state index contributed by atoms with van der Waals surface area (Å²) < 4.78 is 0. The second-order valence-corrected chi connectivity index (χ2v) is 5.68.